The summed E-state index contributed by atoms with van der Waals surface area (Å²) in [5.74, 6) is 0.678. The van der Waals surface area contributed by atoms with Crippen molar-refractivity contribution in [1.82, 2.24) is 4.98 Å². The molecule has 2 aromatic rings. The Balaban J connectivity index is 0.00000264. The normalized spacial score (nSPS) is 11.6. The van der Waals surface area contributed by atoms with E-state index >= 15 is 0 Å². The van der Waals surface area contributed by atoms with Crippen molar-refractivity contribution < 1.29 is 4.79 Å². The first-order valence-corrected chi connectivity index (χ1v) is 9.42. The largest absolute Gasteiger partial charge is 0.320 e. The van der Waals surface area contributed by atoms with Crippen molar-refractivity contribution in [3.8, 4) is 0 Å². The van der Waals surface area contributed by atoms with Crippen LogP contribution in [0.4, 0.5) is 5.13 Å². The van der Waals surface area contributed by atoms with Crippen LogP contribution in [-0.2, 0) is 11.2 Å². The zero-order valence-electron chi connectivity index (χ0n) is 12.6. The first kappa shape index (κ1) is 20.3. The summed E-state index contributed by atoms with van der Waals surface area (Å²) in [6.45, 7) is 0. The number of thiazole rings is 1. The molecule has 0 aliphatic carbocycles. The van der Waals surface area contributed by atoms with E-state index in [4.69, 9.17) is 17.3 Å². The molecule has 3 N–H and O–H groups in total. The van der Waals surface area contributed by atoms with E-state index in [1.165, 1.54) is 11.3 Å². The fraction of sp³-hybridized carbons (Fsp3) is 0.333. The second-order valence-electron chi connectivity index (χ2n) is 4.78. The Bertz CT molecular complexity index is 637. The predicted octanol–water partition coefficient (Wildman–Crippen LogP) is 3.83. The van der Waals surface area contributed by atoms with Crippen LogP contribution in [0.15, 0.2) is 30.5 Å². The fourth-order valence-corrected chi connectivity index (χ4v) is 3.38. The highest BCUT2D eigenvalue weighted by atomic mass is 35.5. The number of nitrogens with zero attached hydrogens (tertiary/aromatic N) is 1. The van der Waals surface area contributed by atoms with E-state index in [1.54, 1.807) is 18.0 Å². The van der Waals surface area contributed by atoms with Crippen LogP contribution in [0.5, 0.6) is 0 Å². The summed E-state index contributed by atoms with van der Waals surface area (Å²) in [4.78, 5) is 17.2. The molecule has 0 saturated carbocycles. The van der Waals surface area contributed by atoms with Crippen LogP contribution in [0.3, 0.4) is 0 Å². The van der Waals surface area contributed by atoms with E-state index < -0.39 is 6.04 Å². The number of aromatic nitrogens is 1. The number of carbonyl (C=O) groups is 1. The Morgan fingerprint density at radius 3 is 2.91 bits per heavy atom. The monoisotopic (exact) mass is 391 g/mol. The molecule has 1 atom stereocenters. The molecular formula is C15H19Cl2N3OS2. The van der Waals surface area contributed by atoms with Crippen LogP contribution < -0.4 is 11.1 Å². The maximum atomic E-state index is 11.9. The molecule has 0 fully saturated rings. The maximum Gasteiger partial charge on any atom is 0.243 e. The van der Waals surface area contributed by atoms with Crippen molar-refractivity contribution in [2.45, 2.75) is 18.9 Å². The summed E-state index contributed by atoms with van der Waals surface area (Å²) >= 11 is 9.27. The lowest BCUT2D eigenvalue weighted by molar-refractivity contribution is -0.117. The molecule has 1 aromatic heterocycles. The standard InChI is InChI=1S/C15H18ClN3OS2.ClH/c1-21-7-6-13(17)14(20)19-15-18-9-11(22-15)8-10-4-2-3-5-12(10)16;/h2-5,9,13H,6-8,17H2,1H3,(H,18,19,20);1H. The maximum absolute atomic E-state index is 11.9. The molecule has 1 amide bonds. The molecule has 0 bridgehead atoms. The first-order chi connectivity index (χ1) is 10.6. The SMILES string of the molecule is CSCCC(N)C(=O)Nc1ncc(Cc2ccccc2Cl)s1.Cl. The average molecular weight is 392 g/mol. The smallest absolute Gasteiger partial charge is 0.243 e. The van der Waals surface area contributed by atoms with Gasteiger partial charge in [0.05, 0.1) is 6.04 Å². The molecule has 0 aliphatic rings. The fourth-order valence-electron chi connectivity index (χ4n) is 1.85. The van der Waals surface area contributed by atoms with Crippen molar-refractivity contribution in [2.24, 2.45) is 5.73 Å². The van der Waals surface area contributed by atoms with Crippen molar-refractivity contribution in [2.75, 3.05) is 17.3 Å². The van der Waals surface area contributed by atoms with Crippen LogP contribution in [0.2, 0.25) is 5.02 Å². The summed E-state index contributed by atoms with van der Waals surface area (Å²) < 4.78 is 0. The highest BCUT2D eigenvalue weighted by Gasteiger charge is 2.15. The van der Waals surface area contributed by atoms with Crippen molar-refractivity contribution >= 4 is 58.1 Å². The molecule has 0 radical (unpaired) electrons. The highest BCUT2D eigenvalue weighted by molar-refractivity contribution is 7.98. The minimum atomic E-state index is -0.497. The zero-order chi connectivity index (χ0) is 15.9. The van der Waals surface area contributed by atoms with Crippen LogP contribution in [0.25, 0.3) is 0 Å². The number of halogens is 2. The van der Waals surface area contributed by atoms with E-state index in [0.29, 0.717) is 18.0 Å². The number of hydrogen-bond donors (Lipinski definition) is 2. The van der Waals surface area contributed by atoms with Crippen LogP contribution >= 0.6 is 47.1 Å². The number of thioether (sulfide) groups is 1. The van der Waals surface area contributed by atoms with Gasteiger partial charge in [-0.05, 0) is 30.1 Å². The second-order valence-corrected chi connectivity index (χ2v) is 7.29. The lowest BCUT2D eigenvalue weighted by Crippen LogP contribution is -2.36. The number of benzene rings is 1. The van der Waals surface area contributed by atoms with Gasteiger partial charge in [-0.15, -0.1) is 23.7 Å². The van der Waals surface area contributed by atoms with Gasteiger partial charge < -0.3 is 11.1 Å². The minimum Gasteiger partial charge on any atom is -0.320 e. The van der Waals surface area contributed by atoms with Crippen LogP contribution in [-0.4, -0.2) is 28.9 Å². The molecule has 8 heteroatoms. The number of carbonyl (C=O) groups excluding carboxylic acids is 1. The van der Waals surface area contributed by atoms with E-state index in [2.05, 4.69) is 10.3 Å². The van der Waals surface area contributed by atoms with E-state index in [0.717, 1.165) is 21.2 Å². The molecule has 0 spiro atoms. The lowest BCUT2D eigenvalue weighted by Gasteiger charge is -2.09. The van der Waals surface area contributed by atoms with Gasteiger partial charge in [-0.2, -0.15) is 11.8 Å². The van der Waals surface area contributed by atoms with Gasteiger partial charge in [0.15, 0.2) is 5.13 Å². The molecule has 0 aliphatic heterocycles. The van der Waals surface area contributed by atoms with Crippen molar-refractivity contribution in [3.05, 3.63) is 45.9 Å². The van der Waals surface area contributed by atoms with E-state index in [-0.39, 0.29) is 18.3 Å². The van der Waals surface area contributed by atoms with E-state index in [9.17, 15) is 4.79 Å². The second kappa shape index (κ2) is 10.2. The zero-order valence-corrected chi connectivity index (χ0v) is 15.8. The molecule has 126 valence electrons. The quantitative estimate of drug-likeness (QED) is 0.752. The topological polar surface area (TPSA) is 68.0 Å². The van der Waals surface area contributed by atoms with Gasteiger partial charge >= 0.3 is 0 Å². The molecule has 0 saturated heterocycles. The summed E-state index contributed by atoms with van der Waals surface area (Å²) in [7, 11) is 0. The Hall–Kier alpha value is -0.790. The van der Waals surface area contributed by atoms with Gasteiger partial charge in [0.1, 0.15) is 0 Å². The minimum absolute atomic E-state index is 0. The number of rotatable bonds is 7. The molecule has 1 heterocycles. The Morgan fingerprint density at radius 2 is 2.22 bits per heavy atom. The van der Waals surface area contributed by atoms with Crippen molar-refractivity contribution in [3.63, 3.8) is 0 Å². The van der Waals surface area contributed by atoms with Gasteiger partial charge in [-0.25, -0.2) is 4.98 Å². The molecule has 23 heavy (non-hydrogen) atoms. The molecule has 4 nitrogen and oxygen atoms in total. The molecule has 2 rings (SSSR count). The predicted molar refractivity (Wildman–Crippen MR) is 103 cm³/mol. The number of nitrogens with one attached hydrogen (secondary N) is 1. The Morgan fingerprint density at radius 1 is 1.48 bits per heavy atom. The Kier molecular flexibility index (Phi) is 8.94. The lowest BCUT2D eigenvalue weighted by atomic mass is 10.1. The summed E-state index contributed by atoms with van der Waals surface area (Å²) in [5, 5.41) is 4.08. The van der Waals surface area contributed by atoms with Gasteiger partial charge in [0.25, 0.3) is 0 Å². The van der Waals surface area contributed by atoms with Gasteiger partial charge in [0.2, 0.25) is 5.91 Å². The number of hydrogen-bond acceptors (Lipinski definition) is 5. The highest BCUT2D eigenvalue weighted by Crippen LogP contribution is 2.24. The van der Waals surface area contributed by atoms with E-state index in [1.807, 2.05) is 30.5 Å². The number of amides is 1. The molecular weight excluding hydrogens is 373 g/mol. The third-order valence-electron chi connectivity index (χ3n) is 3.08. The van der Waals surface area contributed by atoms with Crippen molar-refractivity contribution in [1.29, 1.82) is 0 Å². The number of anilines is 1. The van der Waals surface area contributed by atoms with Gasteiger partial charge in [-0.1, -0.05) is 29.8 Å². The number of nitrogens with two attached hydrogens (primary N) is 1. The van der Waals surface area contributed by atoms with Crippen LogP contribution in [0, 0.1) is 0 Å². The Labute approximate surface area is 155 Å². The third-order valence-corrected chi connectivity index (χ3v) is 5.00. The average Bonchev–Trinajstić information content (AvgIpc) is 2.94. The summed E-state index contributed by atoms with van der Waals surface area (Å²) in [5.41, 5.74) is 6.88. The summed E-state index contributed by atoms with van der Waals surface area (Å²) in [6, 6.07) is 7.21. The third kappa shape index (κ3) is 6.31. The van der Waals surface area contributed by atoms with Gasteiger partial charge in [-0.3, -0.25) is 4.79 Å². The van der Waals surface area contributed by atoms with Gasteiger partial charge in [0, 0.05) is 22.5 Å². The van der Waals surface area contributed by atoms with Crippen LogP contribution in [0.1, 0.15) is 16.9 Å². The first-order valence-electron chi connectivity index (χ1n) is 6.83. The molecule has 1 unspecified atom stereocenters. The molecule has 1 aromatic carbocycles. The summed E-state index contributed by atoms with van der Waals surface area (Å²) in [6.07, 6.45) is 5.11.